The zero-order valence-corrected chi connectivity index (χ0v) is 14.9. The van der Waals surface area contributed by atoms with Crippen molar-refractivity contribution in [3.8, 4) is 11.4 Å². The van der Waals surface area contributed by atoms with Crippen molar-refractivity contribution < 1.29 is 9.18 Å². The molecule has 0 N–H and O–H groups in total. The van der Waals surface area contributed by atoms with Crippen molar-refractivity contribution in [1.29, 1.82) is 0 Å². The monoisotopic (exact) mass is 352 g/mol. The van der Waals surface area contributed by atoms with Gasteiger partial charge >= 0.3 is 0 Å². The quantitative estimate of drug-likeness (QED) is 0.707. The number of amides is 1. The molecule has 3 aromatic rings. The summed E-state index contributed by atoms with van der Waals surface area (Å²) in [6.07, 6.45) is 2.97. The number of nitrogens with zero attached hydrogens (tertiary/aromatic N) is 4. The minimum absolute atomic E-state index is 0.00736. The van der Waals surface area contributed by atoms with Crippen LogP contribution in [0.1, 0.15) is 30.6 Å². The molecule has 134 valence electrons. The maximum absolute atomic E-state index is 13.2. The van der Waals surface area contributed by atoms with Crippen molar-refractivity contribution in [3.05, 3.63) is 54.0 Å². The van der Waals surface area contributed by atoms with E-state index in [9.17, 15) is 9.18 Å². The van der Waals surface area contributed by atoms with Crippen molar-refractivity contribution >= 4 is 11.6 Å². The van der Waals surface area contributed by atoms with Crippen molar-refractivity contribution in [2.24, 2.45) is 11.8 Å². The van der Waals surface area contributed by atoms with Crippen LogP contribution in [0.5, 0.6) is 0 Å². The van der Waals surface area contributed by atoms with E-state index in [0.29, 0.717) is 28.9 Å². The number of fused-ring (bicyclic) bond motifs is 1. The molecule has 1 aromatic carbocycles. The van der Waals surface area contributed by atoms with Gasteiger partial charge in [0.25, 0.3) is 5.91 Å². The molecule has 1 aliphatic heterocycles. The highest BCUT2D eigenvalue weighted by atomic mass is 19.1. The Bertz CT molecular complexity index is 940. The van der Waals surface area contributed by atoms with Gasteiger partial charge in [-0.05, 0) is 54.7 Å². The van der Waals surface area contributed by atoms with Gasteiger partial charge in [-0.25, -0.2) is 4.39 Å². The molecule has 1 aliphatic rings. The zero-order chi connectivity index (χ0) is 18.3. The van der Waals surface area contributed by atoms with Crippen LogP contribution in [0.2, 0.25) is 0 Å². The first kappa shape index (κ1) is 16.7. The summed E-state index contributed by atoms with van der Waals surface area (Å²) in [5.41, 5.74) is 1.83. The van der Waals surface area contributed by atoms with Gasteiger partial charge < -0.3 is 4.90 Å². The van der Waals surface area contributed by atoms with Crippen LogP contribution in [0.25, 0.3) is 17.0 Å². The minimum Gasteiger partial charge on any atom is -0.338 e. The topological polar surface area (TPSA) is 50.5 Å². The molecule has 6 heteroatoms. The summed E-state index contributed by atoms with van der Waals surface area (Å²) in [6.45, 7) is 5.90. The number of pyridine rings is 1. The Labute approximate surface area is 151 Å². The van der Waals surface area contributed by atoms with Crippen molar-refractivity contribution in [1.82, 2.24) is 19.5 Å². The van der Waals surface area contributed by atoms with Crippen LogP contribution in [0, 0.1) is 17.7 Å². The van der Waals surface area contributed by atoms with E-state index in [2.05, 4.69) is 24.0 Å². The lowest BCUT2D eigenvalue weighted by Crippen LogP contribution is -2.42. The fraction of sp³-hybridized carbons (Fsp3) is 0.350. The van der Waals surface area contributed by atoms with E-state index in [1.54, 1.807) is 22.6 Å². The number of hydrogen-bond donors (Lipinski definition) is 0. The van der Waals surface area contributed by atoms with Crippen LogP contribution < -0.4 is 0 Å². The van der Waals surface area contributed by atoms with Gasteiger partial charge in [-0.2, -0.15) is 0 Å². The van der Waals surface area contributed by atoms with E-state index in [-0.39, 0.29) is 11.7 Å². The maximum Gasteiger partial charge on any atom is 0.257 e. The summed E-state index contributed by atoms with van der Waals surface area (Å²) in [5, 5.41) is 8.48. The summed E-state index contributed by atoms with van der Waals surface area (Å²) in [5.74, 6) is 1.28. The molecule has 1 saturated heterocycles. The van der Waals surface area contributed by atoms with Crippen LogP contribution in [-0.2, 0) is 0 Å². The Morgan fingerprint density at radius 3 is 2.46 bits per heavy atom. The SMILES string of the molecule is CC1CC(C)CN(C(=O)c2cccn3c(-c4ccc(F)cc4)nnc23)C1. The molecule has 0 spiro atoms. The molecule has 4 rings (SSSR count). The smallest absolute Gasteiger partial charge is 0.257 e. The van der Waals surface area contributed by atoms with Crippen LogP contribution in [-0.4, -0.2) is 38.5 Å². The third-order valence-electron chi connectivity index (χ3n) is 4.92. The number of benzene rings is 1. The molecule has 5 nitrogen and oxygen atoms in total. The molecule has 0 aliphatic carbocycles. The van der Waals surface area contributed by atoms with Gasteiger partial charge in [-0.15, -0.1) is 10.2 Å². The van der Waals surface area contributed by atoms with Crippen molar-refractivity contribution in [2.45, 2.75) is 20.3 Å². The van der Waals surface area contributed by atoms with Gasteiger partial charge in [0.05, 0.1) is 5.56 Å². The molecule has 2 atom stereocenters. The Balaban J connectivity index is 1.73. The predicted octanol–water partition coefficient (Wildman–Crippen LogP) is 3.65. The first-order valence-corrected chi connectivity index (χ1v) is 8.92. The average Bonchev–Trinajstić information content (AvgIpc) is 3.05. The maximum atomic E-state index is 13.2. The second-order valence-corrected chi connectivity index (χ2v) is 7.30. The van der Waals surface area contributed by atoms with Crippen LogP contribution >= 0.6 is 0 Å². The number of likely N-dealkylation sites (tertiary alicyclic amines) is 1. The molecule has 0 bridgehead atoms. The second-order valence-electron chi connectivity index (χ2n) is 7.30. The second kappa shape index (κ2) is 6.52. The van der Waals surface area contributed by atoms with E-state index >= 15 is 0 Å². The van der Waals surface area contributed by atoms with Gasteiger partial charge in [0.15, 0.2) is 11.5 Å². The first-order chi connectivity index (χ1) is 12.5. The first-order valence-electron chi connectivity index (χ1n) is 8.92. The van der Waals surface area contributed by atoms with Crippen molar-refractivity contribution in [2.75, 3.05) is 13.1 Å². The van der Waals surface area contributed by atoms with Gasteiger partial charge in [0.1, 0.15) is 5.82 Å². The van der Waals surface area contributed by atoms with Gasteiger partial charge in [-0.1, -0.05) is 13.8 Å². The Kier molecular flexibility index (Phi) is 4.18. The number of aromatic nitrogens is 3. The molecule has 3 heterocycles. The van der Waals surface area contributed by atoms with E-state index in [1.165, 1.54) is 12.1 Å². The number of hydrogen-bond acceptors (Lipinski definition) is 3. The highest BCUT2D eigenvalue weighted by Gasteiger charge is 2.28. The highest BCUT2D eigenvalue weighted by Crippen LogP contribution is 2.25. The number of halogens is 1. The fourth-order valence-electron chi connectivity index (χ4n) is 3.88. The van der Waals surface area contributed by atoms with Crippen LogP contribution in [0.15, 0.2) is 42.6 Å². The third kappa shape index (κ3) is 2.96. The van der Waals surface area contributed by atoms with E-state index in [4.69, 9.17) is 0 Å². The summed E-state index contributed by atoms with van der Waals surface area (Å²) in [6, 6.07) is 9.73. The molecular weight excluding hydrogens is 331 g/mol. The average molecular weight is 352 g/mol. The lowest BCUT2D eigenvalue weighted by Gasteiger charge is -2.35. The van der Waals surface area contributed by atoms with E-state index in [1.807, 2.05) is 17.2 Å². The van der Waals surface area contributed by atoms with Gasteiger partial charge in [0.2, 0.25) is 0 Å². The Hall–Kier alpha value is -2.76. The number of carbonyl (C=O) groups excluding carboxylic acids is 1. The number of carbonyl (C=O) groups is 1. The van der Waals surface area contributed by atoms with E-state index < -0.39 is 0 Å². The Morgan fingerprint density at radius 2 is 1.77 bits per heavy atom. The lowest BCUT2D eigenvalue weighted by atomic mass is 9.91. The third-order valence-corrected chi connectivity index (χ3v) is 4.92. The summed E-state index contributed by atoms with van der Waals surface area (Å²) < 4.78 is 15.0. The molecule has 0 radical (unpaired) electrons. The largest absolute Gasteiger partial charge is 0.338 e. The molecule has 26 heavy (non-hydrogen) atoms. The summed E-state index contributed by atoms with van der Waals surface area (Å²) in [4.78, 5) is 15.0. The van der Waals surface area contributed by atoms with Gasteiger partial charge in [-0.3, -0.25) is 9.20 Å². The highest BCUT2D eigenvalue weighted by molar-refractivity contribution is 6.00. The molecule has 2 aromatic heterocycles. The molecule has 2 unspecified atom stereocenters. The van der Waals surface area contributed by atoms with Crippen LogP contribution in [0.3, 0.4) is 0 Å². The molecule has 1 amide bonds. The number of rotatable bonds is 2. The zero-order valence-electron chi connectivity index (χ0n) is 14.9. The summed E-state index contributed by atoms with van der Waals surface area (Å²) in [7, 11) is 0. The fourth-order valence-corrected chi connectivity index (χ4v) is 3.88. The Morgan fingerprint density at radius 1 is 1.08 bits per heavy atom. The molecular formula is C20H21FN4O. The van der Waals surface area contributed by atoms with Crippen molar-refractivity contribution in [3.63, 3.8) is 0 Å². The molecule has 1 fully saturated rings. The summed E-state index contributed by atoms with van der Waals surface area (Å²) >= 11 is 0. The predicted molar refractivity (Wildman–Crippen MR) is 97.2 cm³/mol. The lowest BCUT2D eigenvalue weighted by molar-refractivity contribution is 0.0624. The molecule has 0 saturated carbocycles. The standard InChI is InChI=1S/C20H21FN4O/c1-13-10-14(2)12-24(11-13)20(26)17-4-3-9-25-18(22-23-19(17)25)15-5-7-16(21)8-6-15/h3-9,13-14H,10-12H2,1-2H3. The minimum atomic E-state index is -0.299. The van der Waals surface area contributed by atoms with Gasteiger partial charge in [0, 0.05) is 24.8 Å². The number of piperidine rings is 1. The van der Waals surface area contributed by atoms with E-state index in [0.717, 1.165) is 25.1 Å². The van der Waals surface area contributed by atoms with Crippen LogP contribution in [0.4, 0.5) is 4.39 Å². The normalized spacial score (nSPS) is 20.5.